The maximum atomic E-state index is 13.4. The molecule has 0 radical (unpaired) electrons. The lowest BCUT2D eigenvalue weighted by Crippen LogP contribution is -2.37. The molecular weight excluding hydrogens is 549 g/mol. The van der Waals surface area contributed by atoms with Gasteiger partial charge in [0.05, 0.1) is 13.2 Å². The average Bonchev–Trinajstić information content (AvgIpc) is 3.50. The van der Waals surface area contributed by atoms with Crippen molar-refractivity contribution in [2.24, 2.45) is 0 Å². The molecule has 0 spiro atoms. The van der Waals surface area contributed by atoms with Crippen LogP contribution in [0.1, 0.15) is 23.3 Å². The van der Waals surface area contributed by atoms with Crippen molar-refractivity contribution in [3.63, 3.8) is 0 Å². The second kappa shape index (κ2) is 11.9. The molecule has 0 aliphatic carbocycles. The second-order valence-corrected chi connectivity index (χ2v) is 10.7. The van der Waals surface area contributed by atoms with Crippen molar-refractivity contribution in [1.82, 2.24) is 25.6 Å². The number of hydrogen-bond acceptors (Lipinski definition) is 8. The molecule has 4 aromatic rings. The summed E-state index contributed by atoms with van der Waals surface area (Å²) < 4.78 is 5.45. The molecule has 2 aliphatic heterocycles. The number of aromatic nitrogens is 3. The van der Waals surface area contributed by atoms with Crippen molar-refractivity contribution < 1.29 is 9.53 Å². The van der Waals surface area contributed by atoms with E-state index in [9.17, 15) is 4.79 Å². The Balaban J connectivity index is 1.30. The molecule has 206 valence electrons. The third-order valence-electron chi connectivity index (χ3n) is 7.19. The van der Waals surface area contributed by atoms with Crippen molar-refractivity contribution >= 4 is 57.5 Å². The highest BCUT2D eigenvalue weighted by Gasteiger charge is 2.22. The van der Waals surface area contributed by atoms with E-state index in [2.05, 4.69) is 43.0 Å². The summed E-state index contributed by atoms with van der Waals surface area (Å²) in [6.07, 6.45) is 3.79. The number of rotatable bonds is 7. The Hall–Kier alpha value is -3.50. The van der Waals surface area contributed by atoms with Gasteiger partial charge >= 0.3 is 0 Å². The molecule has 1 amide bonds. The van der Waals surface area contributed by atoms with Gasteiger partial charge in [0.2, 0.25) is 5.95 Å². The topological polar surface area (TPSA) is 104 Å². The highest BCUT2D eigenvalue weighted by atomic mass is 35.5. The Morgan fingerprint density at radius 1 is 1.07 bits per heavy atom. The van der Waals surface area contributed by atoms with Crippen LogP contribution in [0.5, 0.6) is 0 Å². The van der Waals surface area contributed by atoms with Gasteiger partial charge in [-0.15, -0.1) is 0 Å². The number of hydrogen-bond donors (Lipinski definition) is 3. The zero-order chi connectivity index (χ0) is 27.5. The lowest BCUT2D eigenvalue weighted by atomic mass is 10.0. The molecule has 11 heteroatoms. The van der Waals surface area contributed by atoms with Gasteiger partial charge in [0.1, 0.15) is 5.69 Å². The summed E-state index contributed by atoms with van der Waals surface area (Å²) in [5, 5.41) is 11.2. The Labute approximate surface area is 242 Å². The Morgan fingerprint density at radius 2 is 1.85 bits per heavy atom. The number of carbonyl (C=O) groups is 1. The van der Waals surface area contributed by atoms with E-state index in [1.807, 2.05) is 18.2 Å². The molecule has 2 saturated heterocycles. The highest BCUT2D eigenvalue weighted by molar-refractivity contribution is 6.39. The van der Waals surface area contributed by atoms with Crippen LogP contribution in [0.15, 0.2) is 54.7 Å². The summed E-state index contributed by atoms with van der Waals surface area (Å²) in [6, 6.07) is 15.4. The summed E-state index contributed by atoms with van der Waals surface area (Å²) in [5.41, 5.74) is 3.66. The molecule has 0 unspecified atom stereocenters. The number of anilines is 3. The summed E-state index contributed by atoms with van der Waals surface area (Å²) in [4.78, 5) is 29.6. The van der Waals surface area contributed by atoms with Gasteiger partial charge in [-0.2, -0.15) is 4.98 Å². The van der Waals surface area contributed by atoms with E-state index in [0.717, 1.165) is 57.1 Å². The van der Waals surface area contributed by atoms with Gasteiger partial charge in [-0.05, 0) is 61.9 Å². The minimum atomic E-state index is -0.312. The number of halogens is 2. The molecular formula is C29H29Cl2N7O2. The molecule has 0 bridgehead atoms. The molecule has 2 aromatic carbocycles. The van der Waals surface area contributed by atoms with Gasteiger partial charge in [0.25, 0.3) is 5.91 Å². The van der Waals surface area contributed by atoms with E-state index in [0.29, 0.717) is 44.7 Å². The van der Waals surface area contributed by atoms with Crippen molar-refractivity contribution in [2.45, 2.75) is 18.9 Å². The maximum absolute atomic E-state index is 13.4. The first kappa shape index (κ1) is 26.7. The van der Waals surface area contributed by atoms with Crippen LogP contribution in [0.25, 0.3) is 22.2 Å². The van der Waals surface area contributed by atoms with Crippen LogP contribution in [-0.2, 0) is 4.74 Å². The van der Waals surface area contributed by atoms with Crippen molar-refractivity contribution in [1.29, 1.82) is 0 Å². The fourth-order valence-corrected chi connectivity index (χ4v) is 5.68. The molecule has 9 nitrogen and oxygen atoms in total. The van der Waals surface area contributed by atoms with Crippen molar-refractivity contribution in [2.75, 3.05) is 49.6 Å². The fourth-order valence-electron chi connectivity index (χ4n) is 5.08. The van der Waals surface area contributed by atoms with Gasteiger partial charge in [0.15, 0.2) is 5.65 Å². The van der Waals surface area contributed by atoms with Crippen LogP contribution in [0, 0.1) is 0 Å². The molecule has 4 heterocycles. The lowest BCUT2D eigenvalue weighted by molar-refractivity contribution is 0.0946. The zero-order valence-electron chi connectivity index (χ0n) is 21.8. The number of pyridine rings is 1. The first-order valence-electron chi connectivity index (χ1n) is 13.4. The first-order valence-corrected chi connectivity index (χ1v) is 14.1. The zero-order valence-corrected chi connectivity index (χ0v) is 23.3. The van der Waals surface area contributed by atoms with Crippen LogP contribution in [0.2, 0.25) is 10.0 Å². The van der Waals surface area contributed by atoms with E-state index in [-0.39, 0.29) is 17.6 Å². The molecule has 1 atom stereocenters. The number of ether oxygens (including phenoxy) is 1. The fraction of sp³-hybridized carbons (Fsp3) is 0.310. The van der Waals surface area contributed by atoms with E-state index < -0.39 is 0 Å². The smallest absolute Gasteiger partial charge is 0.270 e. The number of amides is 1. The van der Waals surface area contributed by atoms with Crippen molar-refractivity contribution in [3.8, 4) is 11.1 Å². The normalized spacial score (nSPS) is 17.2. The molecule has 2 aromatic heterocycles. The van der Waals surface area contributed by atoms with Gasteiger partial charge in [-0.1, -0.05) is 29.3 Å². The van der Waals surface area contributed by atoms with Crippen molar-refractivity contribution in [3.05, 3.63) is 70.5 Å². The van der Waals surface area contributed by atoms with Crippen LogP contribution in [0.3, 0.4) is 0 Å². The highest BCUT2D eigenvalue weighted by Crippen LogP contribution is 2.37. The number of morpholine rings is 1. The van der Waals surface area contributed by atoms with Crippen LogP contribution >= 0.6 is 23.2 Å². The van der Waals surface area contributed by atoms with Gasteiger partial charge in [-0.3, -0.25) is 4.79 Å². The predicted molar refractivity (Wildman–Crippen MR) is 159 cm³/mol. The van der Waals surface area contributed by atoms with E-state index in [4.69, 9.17) is 32.9 Å². The summed E-state index contributed by atoms with van der Waals surface area (Å²) in [7, 11) is 0. The minimum absolute atomic E-state index is 0.208. The SMILES string of the molecule is O=C(NC[C@H]1CCCN1)c1nc2nc(Nc3ccc(N4CCOCC4)cc3)ncc2cc1-c1c(Cl)cccc1Cl. The van der Waals surface area contributed by atoms with Crippen LogP contribution < -0.4 is 20.9 Å². The number of carbonyl (C=O) groups excluding carboxylic acids is 1. The monoisotopic (exact) mass is 577 g/mol. The number of fused-ring (bicyclic) bond motifs is 1. The largest absolute Gasteiger partial charge is 0.378 e. The standard InChI is InChI=1S/C29H29Cl2N7O2/c30-23-4-1-5-24(31)25(23)22-15-18-16-34-29(35-19-6-8-21(9-7-19)38-11-13-40-14-12-38)37-27(18)36-26(22)28(39)33-17-20-3-2-10-32-20/h1,4-9,15-16,20,32H,2-3,10-14,17H2,(H,33,39)(H,34,35,36,37)/t20-/m1/s1. The van der Waals surface area contributed by atoms with Gasteiger partial charge in [0, 0.05) is 69.8 Å². The summed E-state index contributed by atoms with van der Waals surface area (Å²) >= 11 is 13.1. The molecule has 2 aliphatic rings. The number of nitrogens with zero attached hydrogens (tertiary/aromatic N) is 4. The molecule has 6 rings (SSSR count). The summed E-state index contributed by atoms with van der Waals surface area (Å²) in [5.74, 6) is 0.0672. The third kappa shape index (κ3) is 5.83. The Kier molecular flexibility index (Phi) is 7.97. The second-order valence-electron chi connectivity index (χ2n) is 9.86. The maximum Gasteiger partial charge on any atom is 0.270 e. The quantitative estimate of drug-likeness (QED) is 0.280. The molecule has 0 saturated carbocycles. The molecule has 40 heavy (non-hydrogen) atoms. The lowest BCUT2D eigenvalue weighted by Gasteiger charge is -2.28. The molecule has 2 fully saturated rings. The first-order chi connectivity index (χ1) is 19.5. The Morgan fingerprint density at radius 3 is 2.58 bits per heavy atom. The van der Waals surface area contributed by atoms with Crippen LogP contribution in [0.4, 0.5) is 17.3 Å². The molecule has 3 N–H and O–H groups in total. The van der Waals surface area contributed by atoms with Gasteiger partial charge in [-0.25, -0.2) is 9.97 Å². The van der Waals surface area contributed by atoms with E-state index >= 15 is 0 Å². The number of nitrogens with one attached hydrogen (secondary N) is 3. The third-order valence-corrected chi connectivity index (χ3v) is 7.82. The van der Waals surface area contributed by atoms with Crippen LogP contribution in [-0.4, -0.2) is 66.3 Å². The summed E-state index contributed by atoms with van der Waals surface area (Å²) in [6.45, 7) is 4.68. The Bertz CT molecular complexity index is 1500. The average molecular weight is 579 g/mol. The minimum Gasteiger partial charge on any atom is -0.378 e. The predicted octanol–water partition coefficient (Wildman–Crippen LogP) is 5.06. The van der Waals surface area contributed by atoms with Gasteiger partial charge < -0.3 is 25.6 Å². The van der Waals surface area contributed by atoms with E-state index in [1.54, 1.807) is 24.4 Å². The number of benzene rings is 2. The van der Waals surface area contributed by atoms with E-state index in [1.165, 1.54) is 0 Å².